The van der Waals surface area contributed by atoms with Crippen molar-refractivity contribution in [2.75, 3.05) is 5.75 Å². The van der Waals surface area contributed by atoms with Crippen molar-refractivity contribution in [2.45, 2.75) is 10.9 Å². The quantitative estimate of drug-likeness (QED) is 0.744. The van der Waals surface area contributed by atoms with Gasteiger partial charge in [0.1, 0.15) is 11.9 Å². The van der Waals surface area contributed by atoms with Crippen molar-refractivity contribution in [3.63, 3.8) is 0 Å². The van der Waals surface area contributed by atoms with Gasteiger partial charge in [0.15, 0.2) is 0 Å². The van der Waals surface area contributed by atoms with E-state index in [0.717, 1.165) is 0 Å². The molecule has 0 aromatic heterocycles. The summed E-state index contributed by atoms with van der Waals surface area (Å²) in [5, 5.41) is 8.50. The van der Waals surface area contributed by atoms with E-state index in [9.17, 15) is 9.18 Å². The standard InChI is InChI=1S/C9H10FNO2S/c10-6-2-1-3-7(4-6)14-5-8(11)9(12)13/h1-4,8H,5,11H2,(H,12,13). The predicted octanol–water partition coefficient (Wildman–Crippen LogP) is 1.33. The summed E-state index contributed by atoms with van der Waals surface area (Å²) in [6.07, 6.45) is 0. The average Bonchev–Trinajstić information content (AvgIpc) is 2.14. The third-order valence-corrected chi connectivity index (χ3v) is 2.66. The minimum Gasteiger partial charge on any atom is -0.480 e. The zero-order valence-electron chi connectivity index (χ0n) is 7.31. The fourth-order valence-corrected chi connectivity index (χ4v) is 1.70. The molecule has 0 heterocycles. The third-order valence-electron chi connectivity index (χ3n) is 1.54. The Morgan fingerprint density at radius 2 is 2.36 bits per heavy atom. The maximum atomic E-state index is 12.7. The minimum atomic E-state index is -1.05. The molecule has 14 heavy (non-hydrogen) atoms. The number of aliphatic carboxylic acids is 1. The fourth-order valence-electron chi connectivity index (χ4n) is 0.814. The molecule has 0 aliphatic rings. The highest BCUT2D eigenvalue weighted by Gasteiger charge is 2.11. The lowest BCUT2D eigenvalue weighted by molar-refractivity contribution is -0.137. The van der Waals surface area contributed by atoms with Gasteiger partial charge in [0, 0.05) is 10.6 Å². The van der Waals surface area contributed by atoms with Gasteiger partial charge in [-0.05, 0) is 18.2 Å². The predicted molar refractivity (Wildman–Crippen MR) is 52.7 cm³/mol. The number of carboxylic acid groups (broad SMARTS) is 1. The molecule has 0 amide bonds. The van der Waals surface area contributed by atoms with Crippen LogP contribution in [-0.2, 0) is 4.79 Å². The minimum absolute atomic E-state index is 0.235. The van der Waals surface area contributed by atoms with E-state index in [0.29, 0.717) is 4.90 Å². The lowest BCUT2D eigenvalue weighted by Crippen LogP contribution is -2.32. The molecule has 1 aromatic rings. The molecular weight excluding hydrogens is 205 g/mol. The molecule has 0 saturated heterocycles. The highest BCUT2D eigenvalue weighted by Crippen LogP contribution is 2.18. The van der Waals surface area contributed by atoms with E-state index in [2.05, 4.69) is 0 Å². The zero-order valence-corrected chi connectivity index (χ0v) is 8.13. The van der Waals surface area contributed by atoms with Crippen LogP contribution in [0.2, 0.25) is 0 Å². The van der Waals surface area contributed by atoms with E-state index in [1.54, 1.807) is 12.1 Å². The van der Waals surface area contributed by atoms with E-state index in [4.69, 9.17) is 10.8 Å². The van der Waals surface area contributed by atoms with Crippen LogP contribution >= 0.6 is 11.8 Å². The summed E-state index contributed by atoms with van der Waals surface area (Å²) < 4.78 is 12.7. The Morgan fingerprint density at radius 1 is 1.64 bits per heavy atom. The summed E-state index contributed by atoms with van der Waals surface area (Å²) in [5.74, 6) is -1.15. The Hall–Kier alpha value is -1.07. The number of rotatable bonds is 4. The van der Waals surface area contributed by atoms with E-state index >= 15 is 0 Å². The molecule has 1 unspecified atom stereocenters. The highest BCUT2D eigenvalue weighted by molar-refractivity contribution is 7.99. The first-order valence-electron chi connectivity index (χ1n) is 3.96. The van der Waals surface area contributed by atoms with Gasteiger partial charge in [0.2, 0.25) is 0 Å². The van der Waals surface area contributed by atoms with E-state index in [1.165, 1.54) is 23.9 Å². The molecule has 3 N–H and O–H groups in total. The molecule has 0 saturated carbocycles. The summed E-state index contributed by atoms with van der Waals surface area (Å²) in [5.41, 5.74) is 5.29. The van der Waals surface area contributed by atoms with Gasteiger partial charge >= 0.3 is 5.97 Å². The fraction of sp³-hybridized carbons (Fsp3) is 0.222. The molecule has 0 bridgehead atoms. The van der Waals surface area contributed by atoms with Crippen molar-refractivity contribution >= 4 is 17.7 Å². The van der Waals surface area contributed by atoms with Gasteiger partial charge in [-0.2, -0.15) is 0 Å². The van der Waals surface area contributed by atoms with Crippen molar-refractivity contribution in [2.24, 2.45) is 5.73 Å². The highest BCUT2D eigenvalue weighted by atomic mass is 32.2. The molecule has 0 aliphatic carbocycles. The Balaban J connectivity index is 2.49. The Kier molecular flexibility index (Phi) is 3.91. The van der Waals surface area contributed by atoms with Crippen LogP contribution in [0.25, 0.3) is 0 Å². The second kappa shape index (κ2) is 4.97. The second-order valence-electron chi connectivity index (χ2n) is 2.71. The van der Waals surface area contributed by atoms with Gasteiger partial charge < -0.3 is 10.8 Å². The van der Waals surface area contributed by atoms with Crippen molar-refractivity contribution in [3.05, 3.63) is 30.1 Å². The third kappa shape index (κ3) is 3.35. The normalized spacial score (nSPS) is 12.4. The molecule has 0 aliphatic heterocycles. The molecule has 0 fully saturated rings. The summed E-state index contributed by atoms with van der Waals surface area (Å²) >= 11 is 1.23. The molecule has 0 spiro atoms. The van der Waals surface area contributed by atoms with Gasteiger partial charge in [0.25, 0.3) is 0 Å². The molecular formula is C9H10FNO2S. The van der Waals surface area contributed by atoms with Crippen LogP contribution in [0, 0.1) is 5.82 Å². The molecule has 1 rings (SSSR count). The van der Waals surface area contributed by atoms with E-state index in [1.807, 2.05) is 0 Å². The topological polar surface area (TPSA) is 63.3 Å². The average molecular weight is 215 g/mol. The second-order valence-corrected chi connectivity index (χ2v) is 3.81. The maximum absolute atomic E-state index is 12.7. The van der Waals surface area contributed by atoms with Crippen LogP contribution < -0.4 is 5.73 Å². The Bertz CT molecular complexity index is 332. The summed E-state index contributed by atoms with van der Waals surface area (Å²) in [4.78, 5) is 11.1. The summed E-state index contributed by atoms with van der Waals surface area (Å²) in [7, 11) is 0. The zero-order chi connectivity index (χ0) is 10.6. The molecule has 0 radical (unpaired) electrons. The lowest BCUT2D eigenvalue weighted by atomic mass is 10.3. The van der Waals surface area contributed by atoms with Gasteiger partial charge in [-0.25, -0.2) is 4.39 Å². The first-order valence-corrected chi connectivity index (χ1v) is 4.95. The van der Waals surface area contributed by atoms with Crippen LogP contribution in [0.15, 0.2) is 29.2 Å². The number of hydrogen-bond acceptors (Lipinski definition) is 3. The number of carbonyl (C=O) groups is 1. The molecule has 1 aromatic carbocycles. The molecule has 76 valence electrons. The number of nitrogens with two attached hydrogens (primary N) is 1. The van der Waals surface area contributed by atoms with Crippen LogP contribution in [0.4, 0.5) is 4.39 Å². The van der Waals surface area contributed by atoms with Crippen molar-refractivity contribution in [1.82, 2.24) is 0 Å². The Morgan fingerprint density at radius 3 is 2.93 bits per heavy atom. The molecule has 1 atom stereocenters. The monoisotopic (exact) mass is 215 g/mol. The van der Waals surface area contributed by atoms with Gasteiger partial charge in [-0.15, -0.1) is 11.8 Å². The summed E-state index contributed by atoms with van der Waals surface area (Å²) in [6.45, 7) is 0. The van der Waals surface area contributed by atoms with Gasteiger partial charge in [-0.3, -0.25) is 4.79 Å². The Labute approximate surface area is 85.1 Å². The number of benzene rings is 1. The van der Waals surface area contributed by atoms with E-state index < -0.39 is 12.0 Å². The van der Waals surface area contributed by atoms with Gasteiger partial charge in [-0.1, -0.05) is 6.07 Å². The lowest BCUT2D eigenvalue weighted by Gasteiger charge is -2.05. The van der Waals surface area contributed by atoms with Crippen LogP contribution in [0.1, 0.15) is 0 Å². The number of halogens is 1. The number of thioether (sulfide) groups is 1. The number of hydrogen-bond donors (Lipinski definition) is 2. The van der Waals surface area contributed by atoms with Crippen LogP contribution in [0.5, 0.6) is 0 Å². The molecule has 3 nitrogen and oxygen atoms in total. The largest absolute Gasteiger partial charge is 0.480 e. The van der Waals surface area contributed by atoms with Crippen molar-refractivity contribution in [1.29, 1.82) is 0 Å². The maximum Gasteiger partial charge on any atom is 0.321 e. The first-order chi connectivity index (χ1) is 6.59. The molecule has 5 heteroatoms. The number of carboxylic acids is 1. The van der Waals surface area contributed by atoms with Crippen molar-refractivity contribution in [3.8, 4) is 0 Å². The SMILES string of the molecule is NC(CSc1cccc(F)c1)C(=O)O. The van der Waals surface area contributed by atoms with Crippen LogP contribution in [0.3, 0.4) is 0 Å². The van der Waals surface area contributed by atoms with Crippen molar-refractivity contribution < 1.29 is 14.3 Å². The summed E-state index contributed by atoms with van der Waals surface area (Å²) in [6, 6.07) is 5.05. The van der Waals surface area contributed by atoms with E-state index in [-0.39, 0.29) is 11.6 Å². The smallest absolute Gasteiger partial charge is 0.321 e. The first kappa shape index (κ1) is 11.0. The van der Waals surface area contributed by atoms with Gasteiger partial charge in [0.05, 0.1) is 0 Å². The van der Waals surface area contributed by atoms with Crippen LogP contribution in [-0.4, -0.2) is 22.9 Å².